The molecule has 3 aliphatic carbocycles. The molecule has 0 radical (unpaired) electrons. The maximum Gasteiger partial charge on any atom is -0.0355 e. The van der Waals surface area contributed by atoms with E-state index in [-0.39, 0.29) is 0 Å². The molecule has 0 nitrogen and oxygen atoms in total. The monoisotopic (exact) mass is 164 g/mol. The highest BCUT2D eigenvalue weighted by molar-refractivity contribution is 4.94. The number of rotatable bonds is 2. The lowest BCUT2D eigenvalue weighted by molar-refractivity contribution is 0.186. The van der Waals surface area contributed by atoms with Crippen molar-refractivity contribution in [2.45, 2.75) is 51.4 Å². The van der Waals surface area contributed by atoms with Gasteiger partial charge in [-0.3, -0.25) is 0 Å². The summed E-state index contributed by atoms with van der Waals surface area (Å²) in [7, 11) is 0. The Labute approximate surface area is 75.7 Å². The first-order valence-corrected chi connectivity index (χ1v) is 5.95. The van der Waals surface area contributed by atoms with E-state index < -0.39 is 0 Å². The molecule has 0 aromatic heterocycles. The Morgan fingerprint density at radius 3 is 1.25 bits per heavy atom. The van der Waals surface area contributed by atoms with Gasteiger partial charge in [0.15, 0.2) is 0 Å². The van der Waals surface area contributed by atoms with E-state index in [4.69, 9.17) is 0 Å². The normalized spacial score (nSPS) is 43.0. The van der Waals surface area contributed by atoms with E-state index in [9.17, 15) is 0 Å². The van der Waals surface area contributed by atoms with Gasteiger partial charge in [-0.2, -0.15) is 0 Å². The Kier molecular flexibility index (Phi) is 1.70. The number of hydrogen-bond acceptors (Lipinski definition) is 0. The molecule has 3 aliphatic rings. The molecule has 2 atom stereocenters. The standard InChI is InChI=1S/C12H20/c1-2-4-12(10-7-8-10)11(3-1)9-5-6-9/h9-12H,1-8H2. The van der Waals surface area contributed by atoms with E-state index in [1.54, 1.807) is 51.4 Å². The highest BCUT2D eigenvalue weighted by Crippen LogP contribution is 2.53. The van der Waals surface area contributed by atoms with Gasteiger partial charge in [0.05, 0.1) is 0 Å². The zero-order valence-electron chi connectivity index (χ0n) is 7.97. The van der Waals surface area contributed by atoms with Crippen LogP contribution in [-0.4, -0.2) is 0 Å². The molecular weight excluding hydrogens is 144 g/mol. The molecule has 12 heavy (non-hydrogen) atoms. The van der Waals surface area contributed by atoms with Crippen LogP contribution in [0.1, 0.15) is 51.4 Å². The van der Waals surface area contributed by atoms with Crippen molar-refractivity contribution in [3.05, 3.63) is 0 Å². The fourth-order valence-electron chi connectivity index (χ4n) is 3.41. The molecule has 0 heteroatoms. The van der Waals surface area contributed by atoms with Crippen molar-refractivity contribution in [1.29, 1.82) is 0 Å². The highest BCUT2D eigenvalue weighted by Gasteiger charge is 2.43. The van der Waals surface area contributed by atoms with Crippen LogP contribution in [0.5, 0.6) is 0 Å². The molecular formula is C12H20. The van der Waals surface area contributed by atoms with Crippen molar-refractivity contribution in [3.63, 3.8) is 0 Å². The van der Waals surface area contributed by atoms with Crippen LogP contribution in [0.25, 0.3) is 0 Å². The average Bonchev–Trinajstić information content (AvgIpc) is 2.99. The number of hydrogen-bond donors (Lipinski definition) is 0. The third-order valence-corrected chi connectivity index (χ3v) is 4.33. The first-order valence-electron chi connectivity index (χ1n) is 5.95. The third-order valence-electron chi connectivity index (χ3n) is 4.33. The second-order valence-electron chi connectivity index (χ2n) is 5.29. The highest BCUT2D eigenvalue weighted by atomic mass is 14.5. The first kappa shape index (κ1) is 7.41. The van der Waals surface area contributed by atoms with Crippen molar-refractivity contribution in [2.75, 3.05) is 0 Å². The molecule has 3 fully saturated rings. The topological polar surface area (TPSA) is 0 Å². The second-order valence-corrected chi connectivity index (χ2v) is 5.29. The summed E-state index contributed by atoms with van der Waals surface area (Å²) >= 11 is 0. The van der Waals surface area contributed by atoms with Gasteiger partial charge in [-0.05, 0) is 62.2 Å². The maximum absolute atomic E-state index is 1.59. The fraction of sp³-hybridized carbons (Fsp3) is 1.00. The Morgan fingerprint density at radius 2 is 0.917 bits per heavy atom. The molecule has 0 heterocycles. The van der Waals surface area contributed by atoms with Crippen molar-refractivity contribution >= 4 is 0 Å². The molecule has 0 aromatic rings. The SMILES string of the molecule is C1CCC(C2CC2)C(C2CC2)C1. The van der Waals surface area contributed by atoms with Gasteiger partial charge in [0.1, 0.15) is 0 Å². The molecule has 3 saturated carbocycles. The molecule has 0 N–H and O–H groups in total. The minimum absolute atomic E-state index is 1.19. The largest absolute Gasteiger partial charge is 0.0530 e. The molecule has 3 rings (SSSR count). The van der Waals surface area contributed by atoms with Gasteiger partial charge in [-0.15, -0.1) is 0 Å². The third kappa shape index (κ3) is 1.30. The Bertz CT molecular complexity index is 145. The van der Waals surface area contributed by atoms with Gasteiger partial charge in [0.2, 0.25) is 0 Å². The van der Waals surface area contributed by atoms with E-state index in [0.717, 1.165) is 0 Å². The van der Waals surface area contributed by atoms with E-state index >= 15 is 0 Å². The minimum atomic E-state index is 1.19. The summed E-state index contributed by atoms with van der Waals surface area (Å²) in [5.41, 5.74) is 0. The fourth-order valence-corrected chi connectivity index (χ4v) is 3.41. The van der Waals surface area contributed by atoms with Gasteiger partial charge < -0.3 is 0 Å². The average molecular weight is 164 g/mol. The first-order chi connectivity index (χ1) is 5.95. The van der Waals surface area contributed by atoms with Crippen LogP contribution in [-0.2, 0) is 0 Å². The smallest absolute Gasteiger partial charge is 0.0355 e. The van der Waals surface area contributed by atoms with Gasteiger partial charge in [-0.25, -0.2) is 0 Å². The molecule has 0 spiro atoms. The Balaban J connectivity index is 1.68. The lowest BCUT2D eigenvalue weighted by Crippen LogP contribution is -2.22. The van der Waals surface area contributed by atoms with Crippen LogP contribution in [0.4, 0.5) is 0 Å². The summed E-state index contributed by atoms with van der Waals surface area (Å²) < 4.78 is 0. The van der Waals surface area contributed by atoms with E-state index in [2.05, 4.69) is 0 Å². The quantitative estimate of drug-likeness (QED) is 0.585. The summed E-state index contributed by atoms with van der Waals surface area (Å²) in [5, 5.41) is 0. The lowest BCUT2D eigenvalue weighted by atomic mass is 9.74. The van der Waals surface area contributed by atoms with E-state index in [1.165, 1.54) is 23.7 Å². The molecule has 0 aliphatic heterocycles. The molecule has 68 valence electrons. The molecule has 2 unspecified atom stereocenters. The zero-order valence-corrected chi connectivity index (χ0v) is 7.97. The van der Waals surface area contributed by atoms with E-state index in [1.807, 2.05) is 0 Å². The molecule has 0 bridgehead atoms. The summed E-state index contributed by atoms with van der Waals surface area (Å²) in [6.07, 6.45) is 12.6. The predicted molar refractivity (Wildman–Crippen MR) is 50.9 cm³/mol. The van der Waals surface area contributed by atoms with Crippen LogP contribution >= 0.6 is 0 Å². The summed E-state index contributed by atoms with van der Waals surface area (Å²) in [6.45, 7) is 0. The predicted octanol–water partition coefficient (Wildman–Crippen LogP) is 3.61. The summed E-state index contributed by atoms with van der Waals surface area (Å²) in [5.74, 6) is 4.75. The minimum Gasteiger partial charge on any atom is -0.0530 e. The zero-order chi connectivity index (χ0) is 7.97. The van der Waals surface area contributed by atoms with Crippen molar-refractivity contribution < 1.29 is 0 Å². The van der Waals surface area contributed by atoms with Crippen molar-refractivity contribution in [2.24, 2.45) is 23.7 Å². The molecule has 0 amide bonds. The second kappa shape index (κ2) is 2.75. The summed E-state index contributed by atoms with van der Waals surface area (Å²) in [4.78, 5) is 0. The van der Waals surface area contributed by atoms with Crippen LogP contribution in [0.15, 0.2) is 0 Å². The van der Waals surface area contributed by atoms with Gasteiger partial charge in [0.25, 0.3) is 0 Å². The van der Waals surface area contributed by atoms with Gasteiger partial charge in [-0.1, -0.05) is 12.8 Å². The molecule has 0 saturated heterocycles. The maximum atomic E-state index is 1.59. The van der Waals surface area contributed by atoms with Crippen LogP contribution in [0.3, 0.4) is 0 Å². The van der Waals surface area contributed by atoms with Crippen molar-refractivity contribution in [3.8, 4) is 0 Å². The van der Waals surface area contributed by atoms with Gasteiger partial charge in [0, 0.05) is 0 Å². The van der Waals surface area contributed by atoms with E-state index in [0.29, 0.717) is 0 Å². The van der Waals surface area contributed by atoms with Crippen LogP contribution < -0.4 is 0 Å². The van der Waals surface area contributed by atoms with Gasteiger partial charge >= 0.3 is 0 Å². The van der Waals surface area contributed by atoms with Crippen LogP contribution in [0.2, 0.25) is 0 Å². The Hall–Kier alpha value is 0. The lowest BCUT2D eigenvalue weighted by Gasteiger charge is -2.31. The van der Waals surface area contributed by atoms with Crippen LogP contribution in [0, 0.1) is 23.7 Å². The Morgan fingerprint density at radius 1 is 0.500 bits per heavy atom. The van der Waals surface area contributed by atoms with Crippen molar-refractivity contribution in [1.82, 2.24) is 0 Å². The summed E-state index contributed by atoms with van der Waals surface area (Å²) in [6, 6.07) is 0. The molecule has 0 aromatic carbocycles.